The molecule has 1 aromatic rings. The summed E-state index contributed by atoms with van der Waals surface area (Å²) in [5.41, 5.74) is 3.66. The standard InChI is InChI=1S/C20H24O3S/c1-12(2)15-6-7-18(23-14(4)22-13(3)21-5)20-16(10-15)11-19-17(20)8-9-24-19/h6-14H,1-5H3. The van der Waals surface area contributed by atoms with Crippen molar-refractivity contribution in [3.63, 3.8) is 0 Å². The first kappa shape index (κ1) is 17.2. The SMILES string of the molecule is COC(C)OC(C)Oc1ccc(C(C)C)cc2cc3sccc3c1-2. The normalized spacial score (nSPS) is 14.4. The molecule has 2 aliphatic carbocycles. The molecule has 0 saturated heterocycles. The van der Waals surface area contributed by atoms with Gasteiger partial charge in [-0.2, -0.15) is 0 Å². The monoisotopic (exact) mass is 344 g/mol. The summed E-state index contributed by atoms with van der Waals surface area (Å²) in [5.74, 6) is 1.31. The van der Waals surface area contributed by atoms with Gasteiger partial charge in [-0.1, -0.05) is 26.0 Å². The minimum absolute atomic E-state index is 0.306. The van der Waals surface area contributed by atoms with E-state index < -0.39 is 6.29 Å². The van der Waals surface area contributed by atoms with E-state index in [0.717, 1.165) is 11.3 Å². The van der Waals surface area contributed by atoms with Gasteiger partial charge in [-0.3, -0.25) is 0 Å². The highest BCUT2D eigenvalue weighted by Gasteiger charge is 2.19. The Morgan fingerprint density at radius 3 is 2.46 bits per heavy atom. The van der Waals surface area contributed by atoms with Gasteiger partial charge in [0.2, 0.25) is 0 Å². The maximum absolute atomic E-state index is 6.13. The van der Waals surface area contributed by atoms with Gasteiger partial charge < -0.3 is 14.2 Å². The van der Waals surface area contributed by atoms with E-state index in [1.807, 2.05) is 13.8 Å². The zero-order chi connectivity index (χ0) is 17.3. The third-order valence-corrected chi connectivity index (χ3v) is 5.07. The Bertz CT molecular complexity index is 793. The third-order valence-electron chi connectivity index (χ3n) is 4.21. The minimum Gasteiger partial charge on any atom is -0.464 e. The van der Waals surface area contributed by atoms with Crippen molar-refractivity contribution in [1.82, 2.24) is 0 Å². The highest BCUT2D eigenvalue weighted by Crippen LogP contribution is 2.43. The maximum Gasteiger partial charge on any atom is 0.199 e. The van der Waals surface area contributed by atoms with E-state index >= 15 is 0 Å². The molecule has 0 aliphatic heterocycles. The van der Waals surface area contributed by atoms with Crippen LogP contribution in [0.3, 0.4) is 0 Å². The van der Waals surface area contributed by atoms with Crippen LogP contribution in [0.25, 0.3) is 21.2 Å². The van der Waals surface area contributed by atoms with Crippen LogP contribution < -0.4 is 4.74 Å². The molecule has 1 heterocycles. The molecule has 0 N–H and O–H groups in total. The molecular formula is C20H24O3S. The highest BCUT2D eigenvalue weighted by molar-refractivity contribution is 7.17. The van der Waals surface area contributed by atoms with E-state index in [1.54, 1.807) is 18.4 Å². The number of rotatable bonds is 6. The Hall–Kier alpha value is -1.62. The highest BCUT2D eigenvalue weighted by atomic mass is 32.1. The maximum atomic E-state index is 6.13. The van der Waals surface area contributed by atoms with Crippen LogP contribution >= 0.6 is 11.3 Å². The first-order valence-electron chi connectivity index (χ1n) is 8.28. The summed E-state index contributed by atoms with van der Waals surface area (Å²) >= 11 is 1.76. The second-order valence-corrected chi connectivity index (χ2v) is 7.24. The van der Waals surface area contributed by atoms with Crippen LogP contribution in [0.4, 0.5) is 0 Å². The lowest BCUT2D eigenvalue weighted by Crippen LogP contribution is -2.23. The molecule has 0 radical (unpaired) electrons. The van der Waals surface area contributed by atoms with Crippen molar-refractivity contribution in [3.05, 3.63) is 41.3 Å². The molecular weight excluding hydrogens is 320 g/mol. The zero-order valence-corrected chi connectivity index (χ0v) is 15.6. The Morgan fingerprint density at radius 1 is 0.958 bits per heavy atom. The Labute approximate surface area is 147 Å². The van der Waals surface area contributed by atoms with Gasteiger partial charge in [0, 0.05) is 22.8 Å². The fourth-order valence-electron chi connectivity index (χ4n) is 2.87. The van der Waals surface area contributed by atoms with E-state index in [4.69, 9.17) is 14.2 Å². The summed E-state index contributed by atoms with van der Waals surface area (Å²) in [6, 6.07) is 10.9. The van der Waals surface area contributed by atoms with Crippen molar-refractivity contribution in [2.24, 2.45) is 0 Å². The van der Waals surface area contributed by atoms with Gasteiger partial charge in [0.25, 0.3) is 0 Å². The van der Waals surface area contributed by atoms with Gasteiger partial charge in [0.1, 0.15) is 5.75 Å². The van der Waals surface area contributed by atoms with Crippen LogP contribution in [0.1, 0.15) is 39.2 Å². The summed E-state index contributed by atoms with van der Waals surface area (Å²) in [5, 5.41) is 3.36. The summed E-state index contributed by atoms with van der Waals surface area (Å²) < 4.78 is 18.3. The van der Waals surface area contributed by atoms with Crippen molar-refractivity contribution < 1.29 is 14.2 Å². The van der Waals surface area contributed by atoms with Crippen molar-refractivity contribution in [1.29, 1.82) is 0 Å². The molecule has 0 bridgehead atoms. The fourth-order valence-corrected chi connectivity index (χ4v) is 3.71. The van der Waals surface area contributed by atoms with Crippen LogP contribution in [0.15, 0.2) is 35.7 Å². The summed E-state index contributed by atoms with van der Waals surface area (Å²) in [6.45, 7) is 8.17. The van der Waals surface area contributed by atoms with E-state index in [-0.39, 0.29) is 6.29 Å². The van der Waals surface area contributed by atoms with Crippen molar-refractivity contribution in [2.75, 3.05) is 7.11 Å². The van der Waals surface area contributed by atoms with Crippen molar-refractivity contribution >= 4 is 21.4 Å². The summed E-state index contributed by atoms with van der Waals surface area (Å²) in [4.78, 5) is 0. The third kappa shape index (κ3) is 3.41. The fraction of sp³-hybridized carbons (Fsp3) is 0.400. The molecule has 4 heteroatoms. The topological polar surface area (TPSA) is 27.7 Å². The molecule has 0 aromatic carbocycles. The quantitative estimate of drug-likeness (QED) is 0.524. The van der Waals surface area contributed by atoms with Crippen LogP contribution in [0, 0.1) is 0 Å². The molecule has 2 aliphatic rings. The van der Waals surface area contributed by atoms with E-state index in [0.29, 0.717) is 5.92 Å². The molecule has 128 valence electrons. The average molecular weight is 344 g/mol. The second kappa shape index (κ2) is 7.09. The van der Waals surface area contributed by atoms with Gasteiger partial charge in [-0.05, 0) is 54.5 Å². The van der Waals surface area contributed by atoms with Crippen LogP contribution in [0.2, 0.25) is 0 Å². The lowest BCUT2D eigenvalue weighted by Gasteiger charge is -2.20. The van der Waals surface area contributed by atoms with Gasteiger partial charge in [0.05, 0.1) is 0 Å². The Balaban J connectivity index is 2.05. The van der Waals surface area contributed by atoms with Gasteiger partial charge in [-0.25, -0.2) is 0 Å². The summed E-state index contributed by atoms with van der Waals surface area (Å²) in [6.07, 6.45) is -0.698. The van der Waals surface area contributed by atoms with Crippen LogP contribution in [0.5, 0.6) is 5.75 Å². The molecule has 2 atom stereocenters. The molecule has 0 fully saturated rings. The number of hydrogen-bond donors (Lipinski definition) is 0. The number of hydrogen-bond acceptors (Lipinski definition) is 4. The predicted octanol–water partition coefficient (Wildman–Crippen LogP) is 5.86. The van der Waals surface area contributed by atoms with Crippen molar-refractivity contribution in [3.8, 4) is 16.9 Å². The largest absolute Gasteiger partial charge is 0.464 e. The lowest BCUT2D eigenvalue weighted by atomic mass is 10.0. The Kier molecular flexibility index (Phi) is 5.09. The first-order valence-corrected chi connectivity index (χ1v) is 9.16. The van der Waals surface area contributed by atoms with Crippen LogP contribution in [-0.2, 0) is 9.47 Å². The molecule has 24 heavy (non-hydrogen) atoms. The molecule has 2 unspecified atom stereocenters. The Morgan fingerprint density at radius 2 is 1.75 bits per heavy atom. The second-order valence-electron chi connectivity index (χ2n) is 6.29. The lowest BCUT2D eigenvalue weighted by molar-refractivity contribution is -0.192. The molecule has 0 saturated carbocycles. The van der Waals surface area contributed by atoms with Gasteiger partial charge in [0.15, 0.2) is 12.6 Å². The number of ether oxygens (including phenoxy) is 3. The molecule has 1 aromatic heterocycles. The molecule has 0 spiro atoms. The van der Waals surface area contributed by atoms with Crippen molar-refractivity contribution in [2.45, 2.75) is 46.2 Å². The molecule has 3 nitrogen and oxygen atoms in total. The zero-order valence-electron chi connectivity index (χ0n) is 14.8. The van der Waals surface area contributed by atoms with E-state index in [9.17, 15) is 0 Å². The number of methoxy groups -OCH3 is 1. The van der Waals surface area contributed by atoms with E-state index in [1.165, 1.54) is 21.2 Å². The van der Waals surface area contributed by atoms with Gasteiger partial charge >= 0.3 is 0 Å². The molecule has 3 rings (SSSR count). The van der Waals surface area contributed by atoms with Crippen LogP contribution in [-0.4, -0.2) is 19.7 Å². The summed E-state index contributed by atoms with van der Waals surface area (Å²) in [7, 11) is 1.62. The average Bonchev–Trinajstić information content (AvgIpc) is 3.05. The number of thiophene rings is 1. The molecule has 0 amide bonds. The predicted molar refractivity (Wildman–Crippen MR) is 100 cm³/mol. The first-order chi connectivity index (χ1) is 11.5. The minimum atomic E-state index is -0.392. The van der Waals surface area contributed by atoms with Gasteiger partial charge in [-0.15, -0.1) is 11.3 Å². The van der Waals surface area contributed by atoms with E-state index in [2.05, 4.69) is 49.6 Å². The smallest absolute Gasteiger partial charge is 0.199 e. The number of fused-ring (bicyclic) bond motifs is 3.